The molecule has 1 aromatic carbocycles. The minimum absolute atomic E-state index is 0.0503. The predicted molar refractivity (Wildman–Crippen MR) is 93.2 cm³/mol. The van der Waals surface area contributed by atoms with Crippen LogP contribution in [0.2, 0.25) is 5.02 Å². The molecule has 0 aromatic heterocycles. The van der Waals surface area contributed by atoms with Crippen LogP contribution in [0, 0.1) is 6.92 Å². The molecule has 0 N–H and O–H groups in total. The highest BCUT2D eigenvalue weighted by atomic mass is 35.5. The fraction of sp³-hybridized carbons (Fsp3) is 0.556. The van der Waals surface area contributed by atoms with E-state index in [4.69, 9.17) is 16.3 Å². The summed E-state index contributed by atoms with van der Waals surface area (Å²) in [7, 11) is 0. The van der Waals surface area contributed by atoms with Gasteiger partial charge in [0.05, 0.1) is 18.3 Å². The number of benzene rings is 1. The Bertz CT molecular complexity index is 712. The second-order valence-electron chi connectivity index (χ2n) is 7.43. The summed E-state index contributed by atoms with van der Waals surface area (Å²) in [4.78, 5) is 18.5. The lowest BCUT2D eigenvalue weighted by Crippen LogP contribution is -2.43. The van der Waals surface area contributed by atoms with E-state index in [0.29, 0.717) is 11.4 Å². The minimum atomic E-state index is -1.06. The minimum Gasteiger partial charge on any atom is -0.444 e. The van der Waals surface area contributed by atoms with Crippen LogP contribution in [-0.4, -0.2) is 41.1 Å². The number of hydrogen-bond donors (Lipinski definition) is 0. The van der Waals surface area contributed by atoms with Crippen LogP contribution in [0.15, 0.2) is 17.1 Å². The zero-order chi connectivity index (χ0) is 17.6. The van der Waals surface area contributed by atoms with Crippen LogP contribution in [0.25, 0.3) is 0 Å². The number of carbonyl (C=O) groups is 1. The van der Waals surface area contributed by atoms with Gasteiger partial charge in [-0.3, -0.25) is 9.89 Å². The fourth-order valence-electron chi connectivity index (χ4n) is 3.23. The Hall–Kier alpha value is -1.62. The van der Waals surface area contributed by atoms with Crippen LogP contribution in [0.4, 0.5) is 14.9 Å². The van der Waals surface area contributed by atoms with Gasteiger partial charge in [-0.2, -0.15) is 0 Å². The molecule has 1 saturated heterocycles. The van der Waals surface area contributed by atoms with Gasteiger partial charge in [0, 0.05) is 23.6 Å². The van der Waals surface area contributed by atoms with Crippen molar-refractivity contribution in [3.05, 3.63) is 28.3 Å². The molecule has 2 aliphatic heterocycles. The number of hydrogen-bond acceptors (Lipinski definition) is 3. The van der Waals surface area contributed by atoms with E-state index < -0.39 is 17.9 Å². The summed E-state index contributed by atoms with van der Waals surface area (Å²) in [6.45, 7) is 7.41. The normalized spacial score (nSPS) is 23.2. The highest BCUT2D eigenvalue weighted by Gasteiger charge is 2.41. The molecule has 2 heterocycles. The number of alkyl halides is 1. The number of ether oxygens (including phenoxy) is 1. The third kappa shape index (κ3) is 3.27. The van der Waals surface area contributed by atoms with Crippen LogP contribution in [0.3, 0.4) is 0 Å². The molecule has 1 amide bonds. The van der Waals surface area contributed by atoms with Gasteiger partial charge in [-0.1, -0.05) is 11.6 Å². The van der Waals surface area contributed by atoms with Gasteiger partial charge in [0.25, 0.3) is 0 Å². The molecule has 3 rings (SSSR count). The third-order valence-corrected chi connectivity index (χ3v) is 4.80. The quantitative estimate of drug-likeness (QED) is 0.739. The molecule has 2 aliphatic rings. The van der Waals surface area contributed by atoms with Crippen molar-refractivity contribution < 1.29 is 13.9 Å². The lowest BCUT2D eigenvalue weighted by Gasteiger charge is -2.28. The molecule has 1 fully saturated rings. The van der Waals surface area contributed by atoms with Gasteiger partial charge in [0.15, 0.2) is 0 Å². The zero-order valence-corrected chi connectivity index (χ0v) is 15.2. The largest absolute Gasteiger partial charge is 0.444 e. The summed E-state index contributed by atoms with van der Waals surface area (Å²) in [6.07, 6.45) is -0.684. The highest BCUT2D eigenvalue weighted by molar-refractivity contribution is 6.31. The first-order chi connectivity index (χ1) is 11.2. The van der Waals surface area contributed by atoms with E-state index in [-0.39, 0.29) is 19.0 Å². The zero-order valence-electron chi connectivity index (χ0n) is 14.4. The van der Waals surface area contributed by atoms with Crippen molar-refractivity contribution in [2.45, 2.75) is 58.4 Å². The van der Waals surface area contributed by atoms with E-state index in [9.17, 15) is 9.18 Å². The summed E-state index contributed by atoms with van der Waals surface area (Å²) in [5.74, 6) is 0. The first-order valence-corrected chi connectivity index (χ1v) is 8.52. The summed E-state index contributed by atoms with van der Waals surface area (Å²) >= 11 is 6.18. The monoisotopic (exact) mass is 352 g/mol. The van der Waals surface area contributed by atoms with Gasteiger partial charge in [0.2, 0.25) is 0 Å². The maximum Gasteiger partial charge on any atom is 0.410 e. The summed E-state index contributed by atoms with van der Waals surface area (Å²) in [5.41, 5.74) is 3.11. The molecule has 0 unspecified atom stereocenters. The molecule has 0 saturated carbocycles. The lowest BCUT2D eigenvalue weighted by molar-refractivity contribution is 0.0256. The Labute approximate surface area is 146 Å². The molecular weight excluding hydrogens is 331 g/mol. The molecule has 0 radical (unpaired) electrons. The number of amides is 1. The topological polar surface area (TPSA) is 41.9 Å². The van der Waals surface area contributed by atoms with Crippen LogP contribution < -0.4 is 0 Å². The number of likely N-dealkylation sites (tertiary alicyclic amines) is 1. The van der Waals surface area contributed by atoms with E-state index in [2.05, 4.69) is 4.99 Å². The van der Waals surface area contributed by atoms with Crippen molar-refractivity contribution in [2.75, 3.05) is 6.54 Å². The average Bonchev–Trinajstić information content (AvgIpc) is 3.05. The molecule has 0 bridgehead atoms. The van der Waals surface area contributed by atoms with E-state index in [1.165, 1.54) is 4.90 Å². The van der Waals surface area contributed by atoms with Gasteiger partial charge in [-0.25, -0.2) is 9.18 Å². The molecule has 24 heavy (non-hydrogen) atoms. The maximum absolute atomic E-state index is 14.0. The van der Waals surface area contributed by atoms with Crippen molar-refractivity contribution >= 4 is 29.1 Å². The summed E-state index contributed by atoms with van der Waals surface area (Å²) < 4.78 is 19.4. The van der Waals surface area contributed by atoms with Crippen LogP contribution >= 0.6 is 11.6 Å². The fourth-order valence-corrected chi connectivity index (χ4v) is 3.41. The second-order valence-corrected chi connectivity index (χ2v) is 7.84. The first-order valence-electron chi connectivity index (χ1n) is 8.15. The SMILES string of the molecule is Cc1c(Cl)ccc2c1CC([C@@H]1C[C@H](F)CN1C(=O)OC(C)(C)C)=N2. The second kappa shape index (κ2) is 6.03. The smallest absolute Gasteiger partial charge is 0.410 e. The maximum atomic E-state index is 14.0. The van der Waals surface area contributed by atoms with E-state index in [0.717, 1.165) is 22.5 Å². The molecule has 130 valence electrons. The molecule has 2 atom stereocenters. The molecule has 6 heteroatoms. The van der Waals surface area contributed by atoms with Gasteiger partial charge < -0.3 is 4.74 Å². The molecule has 1 aromatic rings. The molecular formula is C18H22ClFN2O2. The Morgan fingerprint density at radius 2 is 2.12 bits per heavy atom. The molecule has 0 aliphatic carbocycles. The predicted octanol–water partition coefficient (Wildman–Crippen LogP) is 4.62. The van der Waals surface area contributed by atoms with Crippen molar-refractivity contribution in [3.63, 3.8) is 0 Å². The Kier molecular flexibility index (Phi) is 4.32. The van der Waals surface area contributed by atoms with Gasteiger partial charge in [0.1, 0.15) is 11.8 Å². The van der Waals surface area contributed by atoms with E-state index in [1.54, 1.807) is 20.8 Å². The van der Waals surface area contributed by atoms with Gasteiger partial charge in [-0.05, 0) is 51.0 Å². The number of aliphatic imine (C=N–C) groups is 1. The van der Waals surface area contributed by atoms with Gasteiger partial charge >= 0.3 is 6.09 Å². The Morgan fingerprint density at radius 1 is 1.42 bits per heavy atom. The van der Waals surface area contributed by atoms with Crippen LogP contribution in [0.1, 0.15) is 38.3 Å². The van der Waals surface area contributed by atoms with Crippen molar-refractivity contribution in [3.8, 4) is 0 Å². The number of fused-ring (bicyclic) bond motifs is 1. The van der Waals surface area contributed by atoms with Crippen molar-refractivity contribution in [1.29, 1.82) is 0 Å². The van der Waals surface area contributed by atoms with E-state index in [1.807, 2.05) is 19.1 Å². The first kappa shape index (κ1) is 17.2. The van der Waals surface area contributed by atoms with E-state index >= 15 is 0 Å². The standard InChI is InChI=1S/C18H22ClFN2O2/c1-10-12-8-15(21-14(12)6-5-13(10)19)16-7-11(20)9-22(16)17(23)24-18(2,3)4/h5-6,11,16H,7-9H2,1-4H3/t11-,16-/m0/s1. The number of carbonyl (C=O) groups excluding carboxylic acids is 1. The lowest BCUT2D eigenvalue weighted by atomic mass is 10.00. The van der Waals surface area contributed by atoms with Gasteiger partial charge in [-0.15, -0.1) is 0 Å². The van der Waals surface area contributed by atoms with Crippen LogP contribution in [-0.2, 0) is 11.2 Å². The average molecular weight is 353 g/mol. The molecule has 0 spiro atoms. The number of halogens is 2. The Balaban J connectivity index is 1.83. The Morgan fingerprint density at radius 3 is 2.79 bits per heavy atom. The third-order valence-electron chi connectivity index (χ3n) is 4.39. The van der Waals surface area contributed by atoms with Crippen molar-refractivity contribution in [1.82, 2.24) is 4.90 Å². The van der Waals surface area contributed by atoms with Crippen LogP contribution in [0.5, 0.6) is 0 Å². The molecule has 4 nitrogen and oxygen atoms in total. The highest BCUT2D eigenvalue weighted by Crippen LogP contribution is 2.36. The number of nitrogens with zero attached hydrogens (tertiary/aromatic N) is 2. The summed E-state index contributed by atoms with van der Waals surface area (Å²) in [6, 6.07) is 3.33. The van der Waals surface area contributed by atoms with Crippen molar-refractivity contribution in [2.24, 2.45) is 4.99 Å². The number of rotatable bonds is 1. The summed E-state index contributed by atoms with van der Waals surface area (Å²) in [5, 5.41) is 0.698.